The van der Waals surface area contributed by atoms with Crippen molar-refractivity contribution in [3.05, 3.63) is 22.4 Å². The molecule has 0 aromatic carbocycles. The Bertz CT molecular complexity index is 562. The summed E-state index contributed by atoms with van der Waals surface area (Å²) >= 11 is 1.73. The van der Waals surface area contributed by atoms with Crippen molar-refractivity contribution in [1.29, 1.82) is 0 Å². The van der Waals surface area contributed by atoms with E-state index in [2.05, 4.69) is 32.4 Å². The summed E-state index contributed by atoms with van der Waals surface area (Å²) in [6.45, 7) is 5.29. The number of nitrogens with one attached hydrogen (secondary N) is 2. The van der Waals surface area contributed by atoms with Gasteiger partial charge in [0.2, 0.25) is 5.91 Å². The first-order valence-electron chi connectivity index (χ1n) is 9.99. The molecule has 2 N–H and O–H groups in total. The van der Waals surface area contributed by atoms with Crippen LogP contribution in [0, 0.1) is 11.3 Å². The van der Waals surface area contributed by atoms with E-state index >= 15 is 0 Å². The van der Waals surface area contributed by atoms with Crippen molar-refractivity contribution in [3.63, 3.8) is 0 Å². The molecule has 2 saturated heterocycles. The van der Waals surface area contributed by atoms with Gasteiger partial charge in [-0.1, -0.05) is 0 Å². The van der Waals surface area contributed by atoms with Crippen LogP contribution in [0.5, 0.6) is 0 Å². The summed E-state index contributed by atoms with van der Waals surface area (Å²) in [6, 6.07) is 2.66. The Morgan fingerprint density at radius 2 is 1.96 bits per heavy atom. The van der Waals surface area contributed by atoms with Gasteiger partial charge in [0.05, 0.1) is 0 Å². The minimum absolute atomic E-state index is 0.394. The van der Waals surface area contributed by atoms with Gasteiger partial charge in [-0.05, 0) is 98.4 Å². The van der Waals surface area contributed by atoms with Gasteiger partial charge in [0.1, 0.15) is 0 Å². The molecule has 3 fully saturated rings. The first-order valence-corrected chi connectivity index (χ1v) is 10.9. The molecule has 138 valence electrons. The van der Waals surface area contributed by atoms with Gasteiger partial charge in [0.15, 0.2) is 0 Å². The standard InChI is InChI=1S/C20H31N3OS/c24-19(2-1-16-3-8-21-9-4-16)23(14-17-5-12-25-15-17)18-13-20(18)6-10-22-11-7-20/h5,12,15-16,18,21-22H,1-4,6-11,13-14H2. The molecule has 1 amide bonds. The fourth-order valence-corrected chi connectivity index (χ4v) is 5.48. The van der Waals surface area contributed by atoms with Crippen LogP contribution in [0.25, 0.3) is 0 Å². The second kappa shape index (κ2) is 7.77. The first kappa shape index (κ1) is 17.5. The van der Waals surface area contributed by atoms with Gasteiger partial charge in [0, 0.05) is 19.0 Å². The zero-order chi connectivity index (χ0) is 17.1. The third kappa shape index (κ3) is 4.09. The van der Waals surface area contributed by atoms with Crippen molar-refractivity contribution in [2.75, 3.05) is 26.2 Å². The highest BCUT2D eigenvalue weighted by molar-refractivity contribution is 7.07. The number of hydrogen-bond donors (Lipinski definition) is 2. The summed E-state index contributed by atoms with van der Waals surface area (Å²) < 4.78 is 0. The van der Waals surface area contributed by atoms with E-state index in [4.69, 9.17) is 0 Å². The van der Waals surface area contributed by atoms with Gasteiger partial charge < -0.3 is 15.5 Å². The van der Waals surface area contributed by atoms with Crippen LogP contribution in [-0.4, -0.2) is 43.0 Å². The predicted molar refractivity (Wildman–Crippen MR) is 103 cm³/mol. The van der Waals surface area contributed by atoms with Crippen molar-refractivity contribution < 1.29 is 4.79 Å². The van der Waals surface area contributed by atoms with E-state index in [1.165, 1.54) is 37.7 Å². The monoisotopic (exact) mass is 361 g/mol. The van der Waals surface area contributed by atoms with Gasteiger partial charge in [0.25, 0.3) is 0 Å². The normalized spacial score (nSPS) is 25.8. The van der Waals surface area contributed by atoms with Crippen LogP contribution in [0.3, 0.4) is 0 Å². The molecular formula is C20H31N3OS. The van der Waals surface area contributed by atoms with Crippen LogP contribution < -0.4 is 10.6 Å². The zero-order valence-electron chi connectivity index (χ0n) is 15.1. The van der Waals surface area contributed by atoms with Crippen LogP contribution in [0.1, 0.15) is 50.5 Å². The quantitative estimate of drug-likeness (QED) is 0.819. The van der Waals surface area contributed by atoms with E-state index in [0.29, 0.717) is 17.4 Å². The summed E-state index contributed by atoms with van der Waals surface area (Å²) in [4.78, 5) is 15.4. The van der Waals surface area contributed by atoms with E-state index < -0.39 is 0 Å². The molecule has 2 aliphatic heterocycles. The average molecular weight is 362 g/mol. The molecule has 3 heterocycles. The number of nitrogens with zero attached hydrogens (tertiary/aromatic N) is 1. The summed E-state index contributed by atoms with van der Waals surface area (Å²) in [5, 5.41) is 11.2. The van der Waals surface area contributed by atoms with Crippen molar-refractivity contribution in [1.82, 2.24) is 15.5 Å². The molecule has 25 heavy (non-hydrogen) atoms. The Hall–Kier alpha value is -0.910. The van der Waals surface area contributed by atoms with Crippen LogP contribution >= 0.6 is 11.3 Å². The van der Waals surface area contributed by atoms with Crippen molar-refractivity contribution in [2.45, 2.75) is 57.5 Å². The molecule has 0 bridgehead atoms. The number of carbonyl (C=O) groups excluding carboxylic acids is 1. The van der Waals surface area contributed by atoms with Gasteiger partial charge in [-0.2, -0.15) is 11.3 Å². The van der Waals surface area contributed by atoms with Crippen molar-refractivity contribution in [3.8, 4) is 0 Å². The first-order chi connectivity index (χ1) is 12.3. The number of piperidine rings is 2. The third-order valence-electron chi connectivity index (χ3n) is 6.60. The lowest BCUT2D eigenvalue weighted by atomic mass is 9.92. The maximum absolute atomic E-state index is 13.1. The number of amides is 1. The highest BCUT2D eigenvalue weighted by Gasteiger charge is 2.57. The fourth-order valence-electron chi connectivity index (χ4n) is 4.82. The molecule has 1 saturated carbocycles. The molecule has 4 nitrogen and oxygen atoms in total. The maximum Gasteiger partial charge on any atom is 0.223 e. The van der Waals surface area contributed by atoms with Gasteiger partial charge in [-0.25, -0.2) is 0 Å². The Kier molecular flexibility index (Phi) is 5.44. The molecule has 1 aliphatic carbocycles. The molecule has 1 aromatic heterocycles. The highest BCUT2D eigenvalue weighted by atomic mass is 32.1. The van der Waals surface area contributed by atoms with E-state index in [0.717, 1.165) is 51.5 Å². The number of thiophene rings is 1. The van der Waals surface area contributed by atoms with Gasteiger partial charge in [-0.3, -0.25) is 4.79 Å². The van der Waals surface area contributed by atoms with Crippen LogP contribution in [0.4, 0.5) is 0 Å². The topological polar surface area (TPSA) is 44.4 Å². The van der Waals surface area contributed by atoms with Gasteiger partial charge in [-0.15, -0.1) is 0 Å². The fraction of sp³-hybridized carbons (Fsp3) is 0.750. The molecule has 4 rings (SSSR count). The van der Waals surface area contributed by atoms with E-state index in [9.17, 15) is 4.79 Å². The number of hydrogen-bond acceptors (Lipinski definition) is 4. The minimum atomic E-state index is 0.394. The predicted octanol–water partition coefficient (Wildman–Crippen LogP) is 3.00. The van der Waals surface area contributed by atoms with E-state index in [1.807, 2.05) is 0 Å². The molecule has 1 atom stereocenters. The molecule has 0 radical (unpaired) electrons. The summed E-state index contributed by atoms with van der Waals surface area (Å²) in [5.41, 5.74) is 1.72. The van der Waals surface area contributed by atoms with Crippen molar-refractivity contribution >= 4 is 17.2 Å². The summed E-state index contributed by atoms with van der Waals surface area (Å²) in [6.07, 6.45) is 7.96. The Morgan fingerprint density at radius 3 is 2.68 bits per heavy atom. The lowest BCUT2D eigenvalue weighted by Crippen LogP contribution is -2.39. The largest absolute Gasteiger partial charge is 0.335 e. The minimum Gasteiger partial charge on any atom is -0.335 e. The van der Waals surface area contributed by atoms with Gasteiger partial charge >= 0.3 is 0 Å². The average Bonchev–Trinajstić information content (AvgIpc) is 3.08. The lowest BCUT2D eigenvalue weighted by molar-refractivity contribution is -0.133. The maximum atomic E-state index is 13.1. The van der Waals surface area contributed by atoms with Crippen LogP contribution in [0.15, 0.2) is 16.8 Å². The molecule has 1 spiro atoms. The number of carbonyl (C=O) groups is 1. The Labute approximate surface area is 155 Å². The molecular weight excluding hydrogens is 330 g/mol. The second-order valence-electron chi connectivity index (χ2n) is 8.22. The summed E-state index contributed by atoms with van der Waals surface area (Å²) in [7, 11) is 0. The lowest BCUT2D eigenvalue weighted by Gasteiger charge is -2.30. The molecule has 3 aliphatic rings. The molecule has 1 unspecified atom stereocenters. The highest BCUT2D eigenvalue weighted by Crippen LogP contribution is 2.56. The Morgan fingerprint density at radius 1 is 1.20 bits per heavy atom. The molecule has 5 heteroatoms. The molecule has 1 aromatic rings. The smallest absolute Gasteiger partial charge is 0.223 e. The summed E-state index contributed by atoms with van der Waals surface area (Å²) in [5.74, 6) is 1.13. The Balaban J connectivity index is 1.39. The van der Waals surface area contributed by atoms with E-state index in [1.54, 1.807) is 11.3 Å². The SMILES string of the molecule is O=C(CCC1CCNCC1)N(Cc1ccsc1)C1CC12CCNCC2. The van der Waals surface area contributed by atoms with E-state index in [-0.39, 0.29) is 0 Å². The number of rotatable bonds is 6. The van der Waals surface area contributed by atoms with Crippen molar-refractivity contribution in [2.24, 2.45) is 11.3 Å². The zero-order valence-corrected chi connectivity index (χ0v) is 16.0. The second-order valence-corrected chi connectivity index (χ2v) is 9.00. The third-order valence-corrected chi connectivity index (χ3v) is 7.33. The van der Waals surface area contributed by atoms with Crippen LogP contribution in [-0.2, 0) is 11.3 Å². The van der Waals surface area contributed by atoms with Crippen LogP contribution in [0.2, 0.25) is 0 Å².